The lowest BCUT2D eigenvalue weighted by Gasteiger charge is -2.35. The summed E-state index contributed by atoms with van der Waals surface area (Å²) in [5.41, 5.74) is 9.74. The Kier molecular flexibility index (Phi) is 8.76. The first kappa shape index (κ1) is 30.5. The predicted molar refractivity (Wildman–Crippen MR) is 147 cm³/mol. The van der Waals surface area contributed by atoms with Gasteiger partial charge in [-0.1, -0.05) is 13.0 Å². The van der Waals surface area contributed by atoms with Crippen LogP contribution in [0.3, 0.4) is 0 Å². The summed E-state index contributed by atoms with van der Waals surface area (Å²) < 4.78 is 42.9. The van der Waals surface area contributed by atoms with Crippen molar-refractivity contribution in [2.75, 3.05) is 44.6 Å². The number of alkyl halides is 3. The van der Waals surface area contributed by atoms with Crippen LogP contribution in [0.25, 0.3) is 5.69 Å². The monoisotopic (exact) mass is 578 g/mol. The van der Waals surface area contributed by atoms with E-state index in [2.05, 4.69) is 10.3 Å². The van der Waals surface area contributed by atoms with Gasteiger partial charge in [0, 0.05) is 70.0 Å². The Bertz CT molecular complexity index is 1320. The average Bonchev–Trinajstić information content (AvgIpc) is 3.19. The van der Waals surface area contributed by atoms with Crippen molar-refractivity contribution >= 4 is 17.8 Å². The van der Waals surface area contributed by atoms with E-state index in [0.717, 1.165) is 10.6 Å². The molecule has 0 bridgehead atoms. The molecule has 2 saturated heterocycles. The number of rotatable bonds is 6. The van der Waals surface area contributed by atoms with Crippen molar-refractivity contribution < 1.29 is 22.8 Å². The fraction of sp³-hybridized carbons (Fsp3) is 0.556. The third-order valence-electron chi connectivity index (χ3n) is 7.38. The minimum Gasteiger partial charge on any atom is -0.339 e. The van der Waals surface area contributed by atoms with Crippen molar-refractivity contribution in [3.63, 3.8) is 0 Å². The number of nitrogens with zero attached hydrogens (tertiary/aromatic N) is 5. The number of piperazine rings is 1. The van der Waals surface area contributed by atoms with Crippen molar-refractivity contribution in [2.45, 2.75) is 51.5 Å². The predicted octanol–water partition coefficient (Wildman–Crippen LogP) is 1.83. The minimum absolute atomic E-state index is 0.00406. The van der Waals surface area contributed by atoms with Crippen LogP contribution < -0.4 is 22.5 Å². The van der Waals surface area contributed by atoms with Gasteiger partial charge in [-0.25, -0.2) is 9.59 Å². The number of benzene rings is 1. The van der Waals surface area contributed by atoms with Crippen LogP contribution in [0.4, 0.5) is 23.8 Å². The van der Waals surface area contributed by atoms with E-state index in [1.54, 1.807) is 18.7 Å². The molecule has 4 rings (SSSR count). The van der Waals surface area contributed by atoms with E-state index in [0.29, 0.717) is 26.2 Å². The summed E-state index contributed by atoms with van der Waals surface area (Å²) in [6, 6.07) is 4.50. The minimum atomic E-state index is -4.63. The van der Waals surface area contributed by atoms with Crippen LogP contribution in [0.2, 0.25) is 0 Å². The maximum absolute atomic E-state index is 14.0. The lowest BCUT2D eigenvalue weighted by atomic mass is 10.0. The number of urea groups is 1. The van der Waals surface area contributed by atoms with Gasteiger partial charge >= 0.3 is 17.9 Å². The molecule has 2 aromatic rings. The second kappa shape index (κ2) is 11.8. The van der Waals surface area contributed by atoms with Gasteiger partial charge in [0.25, 0.3) is 0 Å². The Balaban J connectivity index is 1.42. The van der Waals surface area contributed by atoms with E-state index in [1.807, 2.05) is 11.8 Å². The third kappa shape index (κ3) is 7.63. The molecule has 41 heavy (non-hydrogen) atoms. The van der Waals surface area contributed by atoms with Gasteiger partial charge in [-0.2, -0.15) is 18.2 Å². The second-order valence-electron chi connectivity index (χ2n) is 11.6. The van der Waals surface area contributed by atoms with Crippen LogP contribution in [-0.4, -0.2) is 87.0 Å². The van der Waals surface area contributed by atoms with E-state index in [4.69, 9.17) is 11.5 Å². The van der Waals surface area contributed by atoms with Crippen LogP contribution in [-0.2, 0) is 17.5 Å². The number of hydrogen-bond acceptors (Lipinski definition) is 7. The molecule has 2 aliphatic rings. The fourth-order valence-corrected chi connectivity index (χ4v) is 5.10. The Hall–Kier alpha value is -3.49. The molecule has 0 aliphatic carbocycles. The van der Waals surface area contributed by atoms with E-state index >= 15 is 0 Å². The molecular formula is C27H37F3N8O3. The molecule has 2 aliphatic heterocycles. The lowest BCUT2D eigenvalue weighted by molar-refractivity contribution is -0.138. The summed E-state index contributed by atoms with van der Waals surface area (Å²) in [6.07, 6.45) is -3.16. The number of hydrogen-bond donors (Lipinski definition) is 3. The molecule has 1 aromatic carbocycles. The quantitative estimate of drug-likeness (QED) is 0.475. The van der Waals surface area contributed by atoms with Gasteiger partial charge in [-0.05, 0) is 43.5 Å². The van der Waals surface area contributed by atoms with Crippen LogP contribution in [0, 0.1) is 5.92 Å². The number of amides is 3. The van der Waals surface area contributed by atoms with Crippen LogP contribution in [0.15, 0.2) is 35.3 Å². The van der Waals surface area contributed by atoms with E-state index in [9.17, 15) is 27.6 Å². The molecule has 224 valence electrons. The third-order valence-corrected chi connectivity index (χ3v) is 7.38. The van der Waals surface area contributed by atoms with Gasteiger partial charge in [0.1, 0.15) is 5.82 Å². The zero-order chi connectivity index (χ0) is 30.1. The largest absolute Gasteiger partial charge is 0.416 e. The number of carbonyl (C=O) groups is 2. The molecule has 1 aromatic heterocycles. The first-order valence-electron chi connectivity index (χ1n) is 13.5. The summed E-state index contributed by atoms with van der Waals surface area (Å²) in [4.78, 5) is 46.7. The number of likely N-dealkylation sites (tertiary alicyclic amines) is 1. The summed E-state index contributed by atoms with van der Waals surface area (Å²) in [5, 5.41) is 2.55. The number of carbonyl (C=O) groups excluding carboxylic acids is 2. The molecule has 14 heteroatoms. The first-order valence-corrected chi connectivity index (χ1v) is 13.5. The van der Waals surface area contributed by atoms with E-state index < -0.39 is 29.0 Å². The average molecular weight is 579 g/mol. The van der Waals surface area contributed by atoms with Crippen LogP contribution >= 0.6 is 0 Å². The molecule has 2 unspecified atom stereocenters. The van der Waals surface area contributed by atoms with Crippen LogP contribution in [0.1, 0.15) is 38.3 Å². The summed E-state index contributed by atoms with van der Waals surface area (Å²) >= 11 is 0. The molecule has 3 heterocycles. The Morgan fingerprint density at radius 2 is 1.73 bits per heavy atom. The molecular weight excluding hydrogens is 541 g/mol. The number of nitrogens with one attached hydrogen (secondary N) is 1. The highest BCUT2D eigenvalue weighted by Crippen LogP contribution is 2.34. The number of aromatic nitrogens is 2. The fourth-order valence-electron chi connectivity index (χ4n) is 5.10. The highest BCUT2D eigenvalue weighted by Gasteiger charge is 2.35. The second-order valence-corrected chi connectivity index (χ2v) is 11.6. The maximum Gasteiger partial charge on any atom is 0.416 e. The number of halogens is 3. The van der Waals surface area contributed by atoms with Crippen molar-refractivity contribution in [1.29, 1.82) is 0 Å². The molecule has 0 saturated carbocycles. The standard InChI is InChI=1S/C27H37F3N8O3/c1-17-14-35(16-21(17)31)15-18-4-5-19(12-20(18)27(28,29)30)38-7-6-22(34-25(38)41)33-24(40)37-10-8-36(9-11-37)23(39)13-26(2,3)32/h4-7,12,17,21H,8-11,13-16,31-32H2,1-3H3,(H,33,34,40,41). The zero-order valence-corrected chi connectivity index (χ0v) is 23.4. The lowest BCUT2D eigenvalue weighted by Crippen LogP contribution is -2.53. The Morgan fingerprint density at radius 1 is 1.07 bits per heavy atom. The van der Waals surface area contributed by atoms with Gasteiger partial charge in [-0.3, -0.25) is 19.6 Å². The molecule has 2 atom stereocenters. The summed E-state index contributed by atoms with van der Waals surface area (Å²) in [6.45, 7) is 7.99. The van der Waals surface area contributed by atoms with Crippen LogP contribution in [0.5, 0.6) is 0 Å². The molecule has 11 nitrogen and oxygen atoms in total. The molecule has 2 fully saturated rings. The number of anilines is 1. The summed E-state index contributed by atoms with van der Waals surface area (Å²) in [7, 11) is 0. The summed E-state index contributed by atoms with van der Waals surface area (Å²) in [5.74, 6) is 0.0706. The molecule has 0 spiro atoms. The number of nitrogens with two attached hydrogens (primary N) is 2. The van der Waals surface area contributed by atoms with E-state index in [1.165, 1.54) is 29.3 Å². The van der Waals surface area contributed by atoms with E-state index in [-0.39, 0.29) is 61.0 Å². The maximum atomic E-state index is 14.0. The van der Waals surface area contributed by atoms with Crippen molar-refractivity contribution in [2.24, 2.45) is 17.4 Å². The van der Waals surface area contributed by atoms with Gasteiger partial charge < -0.3 is 21.3 Å². The SMILES string of the molecule is CC1CN(Cc2ccc(-n3ccc(NC(=O)N4CCN(C(=O)CC(C)(C)N)CC4)nc3=O)cc2C(F)(F)F)CC1N. The smallest absolute Gasteiger partial charge is 0.339 e. The highest BCUT2D eigenvalue weighted by atomic mass is 19.4. The zero-order valence-electron chi connectivity index (χ0n) is 23.4. The van der Waals surface area contributed by atoms with Crippen molar-refractivity contribution in [3.8, 4) is 5.69 Å². The molecule has 0 radical (unpaired) electrons. The Morgan fingerprint density at radius 3 is 2.29 bits per heavy atom. The van der Waals surface area contributed by atoms with Gasteiger partial charge in [0.15, 0.2) is 0 Å². The molecule has 5 N–H and O–H groups in total. The van der Waals surface area contributed by atoms with Gasteiger partial charge in [0.2, 0.25) is 5.91 Å². The Labute approximate surface area is 236 Å². The van der Waals surface area contributed by atoms with Crippen molar-refractivity contribution in [1.82, 2.24) is 24.3 Å². The van der Waals surface area contributed by atoms with Gasteiger partial charge in [-0.15, -0.1) is 0 Å². The van der Waals surface area contributed by atoms with Gasteiger partial charge in [0.05, 0.1) is 11.3 Å². The topological polar surface area (TPSA) is 143 Å². The molecule has 3 amide bonds. The first-order chi connectivity index (χ1) is 19.1. The highest BCUT2D eigenvalue weighted by molar-refractivity contribution is 5.88. The normalized spacial score (nSPS) is 20.4. The van der Waals surface area contributed by atoms with Crippen molar-refractivity contribution in [3.05, 3.63) is 52.1 Å².